The summed E-state index contributed by atoms with van der Waals surface area (Å²) in [4.78, 5) is 19.1. The number of rotatable bonds is 6. The Morgan fingerprint density at radius 3 is 2.79 bits per heavy atom. The zero-order valence-electron chi connectivity index (χ0n) is 16.4. The zero-order chi connectivity index (χ0) is 19.1. The van der Waals surface area contributed by atoms with E-state index in [1.165, 1.54) is 6.42 Å². The summed E-state index contributed by atoms with van der Waals surface area (Å²) in [5.41, 5.74) is 1.08. The molecule has 2 N–H and O–H groups in total. The lowest BCUT2D eigenvalue weighted by Gasteiger charge is -2.25. The zero-order valence-corrected chi connectivity index (χ0v) is 19.5. The first-order valence-corrected chi connectivity index (χ1v) is 10.1. The molecule has 1 atom stereocenters. The highest BCUT2D eigenvalue weighted by Crippen LogP contribution is 2.38. The maximum absolute atomic E-state index is 12.1. The number of nitrogens with one attached hydrogen (secondary N) is 2. The van der Waals surface area contributed by atoms with Gasteiger partial charge in [0.2, 0.25) is 5.91 Å². The number of benzene rings is 1. The Bertz CT molecular complexity index is 663. The Hall–Kier alpha value is -1.06. The maximum atomic E-state index is 12.1. The van der Waals surface area contributed by atoms with E-state index >= 15 is 0 Å². The third-order valence-electron chi connectivity index (χ3n) is 5.21. The molecule has 0 saturated carbocycles. The van der Waals surface area contributed by atoms with Gasteiger partial charge in [-0.1, -0.05) is 11.6 Å². The largest absolute Gasteiger partial charge is 0.381 e. The van der Waals surface area contributed by atoms with Gasteiger partial charge in [-0.3, -0.25) is 9.79 Å². The van der Waals surface area contributed by atoms with Crippen LogP contribution in [-0.4, -0.2) is 56.2 Å². The van der Waals surface area contributed by atoms with Gasteiger partial charge in [0.15, 0.2) is 5.96 Å². The van der Waals surface area contributed by atoms with Crippen LogP contribution in [0.5, 0.6) is 0 Å². The van der Waals surface area contributed by atoms with Gasteiger partial charge < -0.3 is 20.3 Å². The molecule has 28 heavy (non-hydrogen) atoms. The standard InChI is InChI=1S/C20H29ClN4O2.HI/c1-2-22-19(25-12-9-20(14-25)10-13-27-15-20)23-11-3-4-18(26)24-17-7-5-16(21)6-8-17;/h5-8H,2-4,9-15H2,1H3,(H,22,23)(H,24,26);1H. The van der Waals surface area contributed by atoms with Gasteiger partial charge in [-0.25, -0.2) is 0 Å². The first-order chi connectivity index (χ1) is 13.1. The molecule has 2 fully saturated rings. The summed E-state index contributed by atoms with van der Waals surface area (Å²) in [7, 11) is 0. The number of aliphatic imine (C=N–C) groups is 1. The van der Waals surface area contributed by atoms with Gasteiger partial charge in [0, 0.05) is 55.3 Å². The molecule has 6 nitrogen and oxygen atoms in total. The fourth-order valence-corrected chi connectivity index (χ4v) is 3.82. The third-order valence-corrected chi connectivity index (χ3v) is 5.46. The molecular formula is C20H30ClIN4O2. The molecule has 0 aliphatic carbocycles. The number of carbonyl (C=O) groups excluding carboxylic acids is 1. The van der Waals surface area contributed by atoms with Gasteiger partial charge in [-0.15, -0.1) is 24.0 Å². The second kappa shape index (κ2) is 11.2. The van der Waals surface area contributed by atoms with Gasteiger partial charge >= 0.3 is 0 Å². The van der Waals surface area contributed by atoms with Crippen LogP contribution in [0, 0.1) is 5.41 Å². The van der Waals surface area contributed by atoms with Gasteiger partial charge in [-0.2, -0.15) is 0 Å². The molecule has 0 aromatic heterocycles. The van der Waals surface area contributed by atoms with Crippen molar-refractivity contribution in [3.05, 3.63) is 29.3 Å². The van der Waals surface area contributed by atoms with Gasteiger partial charge in [-0.05, 0) is 50.5 Å². The van der Waals surface area contributed by atoms with Crippen molar-refractivity contribution in [2.75, 3.05) is 44.7 Å². The van der Waals surface area contributed by atoms with Crippen molar-refractivity contribution in [1.82, 2.24) is 10.2 Å². The van der Waals surface area contributed by atoms with E-state index in [-0.39, 0.29) is 29.9 Å². The Kier molecular flexibility index (Phi) is 9.30. The van der Waals surface area contributed by atoms with Crippen molar-refractivity contribution in [2.24, 2.45) is 10.4 Å². The van der Waals surface area contributed by atoms with Crippen molar-refractivity contribution in [1.29, 1.82) is 0 Å². The van der Waals surface area contributed by atoms with Crippen LogP contribution in [0.2, 0.25) is 5.02 Å². The van der Waals surface area contributed by atoms with Crippen LogP contribution >= 0.6 is 35.6 Å². The number of ether oxygens (including phenoxy) is 1. The summed E-state index contributed by atoms with van der Waals surface area (Å²) in [6, 6.07) is 7.14. The van der Waals surface area contributed by atoms with Crippen molar-refractivity contribution in [3.63, 3.8) is 0 Å². The van der Waals surface area contributed by atoms with E-state index in [2.05, 4.69) is 22.5 Å². The summed E-state index contributed by atoms with van der Waals surface area (Å²) < 4.78 is 5.61. The Labute approximate surface area is 189 Å². The lowest BCUT2D eigenvalue weighted by molar-refractivity contribution is -0.116. The minimum atomic E-state index is 0. The number of carbonyl (C=O) groups is 1. The Morgan fingerprint density at radius 2 is 2.11 bits per heavy atom. The number of amides is 1. The highest BCUT2D eigenvalue weighted by atomic mass is 127. The summed E-state index contributed by atoms with van der Waals surface area (Å²) in [5.74, 6) is 0.958. The van der Waals surface area contributed by atoms with Crippen LogP contribution < -0.4 is 10.6 Å². The SMILES string of the molecule is CCNC(=NCCCC(=O)Nc1ccc(Cl)cc1)N1CCC2(CCOC2)C1.I. The van der Waals surface area contributed by atoms with Crippen LogP contribution in [0.1, 0.15) is 32.6 Å². The first-order valence-electron chi connectivity index (χ1n) is 9.77. The summed E-state index contributed by atoms with van der Waals surface area (Å²) in [6.07, 6.45) is 3.48. The number of halogens is 2. The average Bonchev–Trinajstić information content (AvgIpc) is 3.30. The van der Waals surface area contributed by atoms with E-state index in [1.54, 1.807) is 24.3 Å². The molecule has 0 radical (unpaired) electrons. The molecule has 1 spiro atoms. The highest BCUT2D eigenvalue weighted by molar-refractivity contribution is 14.0. The summed E-state index contributed by atoms with van der Waals surface area (Å²) in [6.45, 7) is 7.34. The Morgan fingerprint density at radius 1 is 1.32 bits per heavy atom. The number of nitrogens with zero attached hydrogens (tertiary/aromatic N) is 2. The van der Waals surface area contributed by atoms with Crippen LogP contribution in [0.15, 0.2) is 29.3 Å². The lowest BCUT2D eigenvalue weighted by Crippen LogP contribution is -2.41. The van der Waals surface area contributed by atoms with Gasteiger partial charge in [0.05, 0.1) is 6.61 Å². The van der Waals surface area contributed by atoms with E-state index < -0.39 is 0 Å². The molecule has 0 bridgehead atoms. The second-order valence-electron chi connectivity index (χ2n) is 7.37. The third kappa shape index (κ3) is 6.49. The minimum Gasteiger partial charge on any atom is -0.381 e. The fraction of sp³-hybridized carbons (Fsp3) is 0.600. The molecule has 1 aromatic rings. The number of guanidine groups is 1. The molecule has 1 unspecified atom stereocenters. The van der Waals surface area contributed by atoms with E-state index in [9.17, 15) is 4.79 Å². The van der Waals surface area contributed by atoms with E-state index in [1.807, 2.05) is 0 Å². The van der Waals surface area contributed by atoms with Crippen LogP contribution in [0.4, 0.5) is 5.69 Å². The topological polar surface area (TPSA) is 66.0 Å². The molecule has 2 heterocycles. The number of likely N-dealkylation sites (tertiary alicyclic amines) is 1. The average molecular weight is 521 g/mol. The van der Waals surface area contributed by atoms with Crippen molar-refractivity contribution in [2.45, 2.75) is 32.6 Å². The lowest BCUT2D eigenvalue weighted by atomic mass is 9.87. The predicted octanol–water partition coefficient (Wildman–Crippen LogP) is 3.75. The van der Waals surface area contributed by atoms with Gasteiger partial charge in [0.1, 0.15) is 0 Å². The van der Waals surface area contributed by atoms with Crippen molar-refractivity contribution >= 4 is 53.1 Å². The van der Waals surface area contributed by atoms with E-state index in [0.29, 0.717) is 23.4 Å². The molecule has 1 aromatic carbocycles. The smallest absolute Gasteiger partial charge is 0.224 e. The molecule has 2 aliphatic rings. The van der Waals surface area contributed by atoms with Gasteiger partial charge in [0.25, 0.3) is 0 Å². The second-order valence-corrected chi connectivity index (χ2v) is 7.80. The molecule has 2 aliphatic heterocycles. The molecule has 3 rings (SSSR count). The quantitative estimate of drug-likeness (QED) is 0.259. The van der Waals surface area contributed by atoms with Crippen LogP contribution in [-0.2, 0) is 9.53 Å². The molecule has 156 valence electrons. The summed E-state index contributed by atoms with van der Waals surface area (Å²) >= 11 is 5.86. The van der Waals surface area contributed by atoms with Crippen molar-refractivity contribution in [3.8, 4) is 0 Å². The number of hydrogen-bond acceptors (Lipinski definition) is 3. The van der Waals surface area contributed by atoms with Crippen LogP contribution in [0.25, 0.3) is 0 Å². The first kappa shape index (κ1) is 23.2. The molecule has 1 amide bonds. The molecule has 8 heteroatoms. The minimum absolute atomic E-state index is 0. The fourth-order valence-electron chi connectivity index (χ4n) is 3.69. The molecule has 2 saturated heterocycles. The number of hydrogen-bond donors (Lipinski definition) is 2. The summed E-state index contributed by atoms with van der Waals surface area (Å²) in [5, 5.41) is 6.93. The highest BCUT2D eigenvalue weighted by Gasteiger charge is 2.42. The van der Waals surface area contributed by atoms with Crippen LogP contribution in [0.3, 0.4) is 0 Å². The predicted molar refractivity (Wildman–Crippen MR) is 125 cm³/mol. The normalized spacial score (nSPS) is 21.6. The monoisotopic (exact) mass is 520 g/mol. The Balaban J connectivity index is 0.00000280. The number of anilines is 1. The van der Waals surface area contributed by atoms with Crippen molar-refractivity contribution < 1.29 is 9.53 Å². The van der Waals surface area contributed by atoms with E-state index in [0.717, 1.165) is 57.3 Å². The maximum Gasteiger partial charge on any atom is 0.224 e. The molecular weight excluding hydrogens is 491 g/mol. The van der Waals surface area contributed by atoms with E-state index in [4.69, 9.17) is 21.3 Å².